The summed E-state index contributed by atoms with van der Waals surface area (Å²) in [7, 11) is 0. The fourth-order valence-electron chi connectivity index (χ4n) is 0.838. The molecule has 0 bridgehead atoms. The highest BCUT2D eigenvalue weighted by Crippen LogP contribution is 1.94. The number of hydrogen-bond acceptors (Lipinski definition) is 3. The first kappa shape index (κ1) is 12.6. The van der Waals surface area contributed by atoms with Crippen molar-refractivity contribution in [3.8, 4) is 0 Å². The number of aliphatic carboxylic acids is 1. The first-order chi connectivity index (χ1) is 6.56. The standard InChI is InChI=1S/C9H15NO4/c1-2-8(12)10-6-5-7(11)3-4-9(13)14/h2-6H2,1H3,(H,10,12)(H,13,14). The summed E-state index contributed by atoms with van der Waals surface area (Å²) in [5.74, 6) is -1.21. The maximum Gasteiger partial charge on any atom is 0.303 e. The molecule has 5 heteroatoms. The molecule has 0 saturated heterocycles. The Bertz CT molecular complexity index is 225. The number of nitrogens with one attached hydrogen (secondary N) is 1. The van der Waals surface area contributed by atoms with Crippen LogP contribution in [0.4, 0.5) is 0 Å². The zero-order valence-corrected chi connectivity index (χ0v) is 8.21. The van der Waals surface area contributed by atoms with Crippen molar-refractivity contribution in [2.75, 3.05) is 6.54 Å². The molecule has 2 N–H and O–H groups in total. The molecule has 14 heavy (non-hydrogen) atoms. The van der Waals surface area contributed by atoms with Crippen molar-refractivity contribution in [1.82, 2.24) is 5.32 Å². The van der Waals surface area contributed by atoms with Crippen LogP contribution in [0.1, 0.15) is 32.6 Å². The molecule has 0 aromatic rings. The van der Waals surface area contributed by atoms with Gasteiger partial charge in [-0.1, -0.05) is 6.92 Å². The van der Waals surface area contributed by atoms with Crippen LogP contribution in [0.25, 0.3) is 0 Å². The molecule has 0 rings (SSSR count). The Balaban J connectivity index is 3.45. The van der Waals surface area contributed by atoms with E-state index in [9.17, 15) is 14.4 Å². The normalized spacial score (nSPS) is 9.50. The number of Topliss-reactive ketones (excluding diaryl/α,β-unsaturated/α-hetero) is 1. The Kier molecular flexibility index (Phi) is 6.36. The van der Waals surface area contributed by atoms with E-state index in [2.05, 4.69) is 5.32 Å². The van der Waals surface area contributed by atoms with Gasteiger partial charge in [0.25, 0.3) is 0 Å². The maximum absolute atomic E-state index is 11.0. The first-order valence-electron chi connectivity index (χ1n) is 4.56. The quantitative estimate of drug-likeness (QED) is 0.622. The van der Waals surface area contributed by atoms with Gasteiger partial charge in [0, 0.05) is 25.8 Å². The van der Waals surface area contributed by atoms with E-state index in [1.807, 2.05) is 0 Å². The molecular formula is C9H15NO4. The predicted molar refractivity (Wildman–Crippen MR) is 49.8 cm³/mol. The Morgan fingerprint density at radius 1 is 1.14 bits per heavy atom. The topological polar surface area (TPSA) is 83.5 Å². The van der Waals surface area contributed by atoms with Crippen molar-refractivity contribution < 1.29 is 19.5 Å². The van der Waals surface area contributed by atoms with Gasteiger partial charge in [-0.05, 0) is 0 Å². The van der Waals surface area contributed by atoms with Crippen LogP contribution in [-0.2, 0) is 14.4 Å². The lowest BCUT2D eigenvalue weighted by Gasteiger charge is -2.01. The number of carbonyl (C=O) groups excluding carboxylic acids is 2. The van der Waals surface area contributed by atoms with Gasteiger partial charge in [-0.3, -0.25) is 14.4 Å². The summed E-state index contributed by atoms with van der Waals surface area (Å²) in [6.07, 6.45) is 0.500. The third kappa shape index (κ3) is 7.27. The second-order valence-corrected chi connectivity index (χ2v) is 2.89. The van der Waals surface area contributed by atoms with E-state index >= 15 is 0 Å². The number of carbonyl (C=O) groups is 3. The second-order valence-electron chi connectivity index (χ2n) is 2.89. The molecular weight excluding hydrogens is 186 g/mol. The molecule has 1 amide bonds. The van der Waals surface area contributed by atoms with Gasteiger partial charge in [-0.2, -0.15) is 0 Å². The average Bonchev–Trinajstić information content (AvgIpc) is 2.14. The van der Waals surface area contributed by atoms with Crippen LogP contribution in [0.3, 0.4) is 0 Å². The predicted octanol–water partition coefficient (Wildman–Crippen LogP) is 0.337. The van der Waals surface area contributed by atoms with Gasteiger partial charge >= 0.3 is 5.97 Å². The summed E-state index contributed by atoms with van der Waals surface area (Å²) in [6.45, 7) is 2.02. The van der Waals surface area contributed by atoms with Crippen LogP contribution >= 0.6 is 0 Å². The van der Waals surface area contributed by atoms with Crippen LogP contribution in [0.5, 0.6) is 0 Å². The van der Waals surface area contributed by atoms with Crippen molar-refractivity contribution in [2.24, 2.45) is 0 Å². The van der Waals surface area contributed by atoms with Gasteiger partial charge in [-0.25, -0.2) is 0 Å². The van der Waals surface area contributed by atoms with Crippen LogP contribution in [0.15, 0.2) is 0 Å². The van der Waals surface area contributed by atoms with Gasteiger partial charge in [0.05, 0.1) is 6.42 Å². The summed E-state index contributed by atoms with van der Waals surface area (Å²) in [4.78, 5) is 31.9. The van der Waals surface area contributed by atoms with Gasteiger partial charge < -0.3 is 10.4 Å². The monoisotopic (exact) mass is 201 g/mol. The van der Waals surface area contributed by atoms with Crippen LogP contribution < -0.4 is 5.32 Å². The molecule has 0 heterocycles. The lowest BCUT2D eigenvalue weighted by atomic mass is 10.1. The van der Waals surface area contributed by atoms with E-state index in [1.165, 1.54) is 0 Å². The van der Waals surface area contributed by atoms with Crippen LogP contribution in [-0.4, -0.2) is 29.3 Å². The van der Waals surface area contributed by atoms with Gasteiger partial charge in [0.2, 0.25) is 5.91 Å². The van der Waals surface area contributed by atoms with Crippen molar-refractivity contribution in [3.05, 3.63) is 0 Å². The molecule has 0 spiro atoms. The molecule has 5 nitrogen and oxygen atoms in total. The molecule has 0 radical (unpaired) electrons. The molecule has 0 saturated carbocycles. The molecule has 0 fully saturated rings. The molecule has 0 aliphatic rings. The summed E-state index contributed by atoms with van der Waals surface area (Å²) in [5, 5.41) is 10.8. The lowest BCUT2D eigenvalue weighted by Crippen LogP contribution is -2.25. The van der Waals surface area contributed by atoms with Gasteiger partial charge in [-0.15, -0.1) is 0 Å². The van der Waals surface area contributed by atoms with Crippen LogP contribution in [0, 0.1) is 0 Å². The van der Waals surface area contributed by atoms with E-state index in [4.69, 9.17) is 5.11 Å². The number of carboxylic acids is 1. The summed E-state index contributed by atoms with van der Waals surface area (Å²) < 4.78 is 0. The average molecular weight is 201 g/mol. The smallest absolute Gasteiger partial charge is 0.303 e. The fourth-order valence-corrected chi connectivity index (χ4v) is 0.838. The van der Waals surface area contributed by atoms with Crippen molar-refractivity contribution in [1.29, 1.82) is 0 Å². The number of hydrogen-bond donors (Lipinski definition) is 2. The third-order valence-corrected chi connectivity index (χ3v) is 1.66. The van der Waals surface area contributed by atoms with E-state index in [0.717, 1.165) is 0 Å². The Morgan fingerprint density at radius 2 is 1.79 bits per heavy atom. The van der Waals surface area contributed by atoms with Crippen LogP contribution in [0.2, 0.25) is 0 Å². The first-order valence-corrected chi connectivity index (χ1v) is 4.56. The Morgan fingerprint density at radius 3 is 2.29 bits per heavy atom. The second kappa shape index (κ2) is 7.06. The minimum Gasteiger partial charge on any atom is -0.481 e. The number of amides is 1. The van der Waals surface area contributed by atoms with Crippen molar-refractivity contribution in [3.63, 3.8) is 0 Å². The summed E-state index contributed by atoms with van der Waals surface area (Å²) >= 11 is 0. The molecule has 0 unspecified atom stereocenters. The van der Waals surface area contributed by atoms with E-state index in [0.29, 0.717) is 13.0 Å². The molecule has 0 aromatic carbocycles. The summed E-state index contributed by atoms with van der Waals surface area (Å²) in [6, 6.07) is 0. The third-order valence-electron chi connectivity index (χ3n) is 1.66. The van der Waals surface area contributed by atoms with E-state index in [-0.39, 0.29) is 31.0 Å². The van der Waals surface area contributed by atoms with Crippen molar-refractivity contribution in [2.45, 2.75) is 32.6 Å². The van der Waals surface area contributed by atoms with Gasteiger partial charge in [0.15, 0.2) is 0 Å². The lowest BCUT2D eigenvalue weighted by molar-refractivity contribution is -0.138. The van der Waals surface area contributed by atoms with E-state index < -0.39 is 5.97 Å². The number of ketones is 1. The molecule has 0 aliphatic carbocycles. The molecule has 0 aromatic heterocycles. The Labute approximate surface area is 82.5 Å². The number of rotatable bonds is 7. The Hall–Kier alpha value is -1.39. The van der Waals surface area contributed by atoms with Crippen molar-refractivity contribution >= 4 is 17.7 Å². The highest BCUT2D eigenvalue weighted by Gasteiger charge is 2.05. The number of carboxylic acid groups (broad SMARTS) is 1. The largest absolute Gasteiger partial charge is 0.481 e. The zero-order valence-electron chi connectivity index (χ0n) is 8.21. The highest BCUT2D eigenvalue weighted by atomic mass is 16.4. The van der Waals surface area contributed by atoms with E-state index in [1.54, 1.807) is 6.92 Å². The highest BCUT2D eigenvalue weighted by molar-refractivity contribution is 5.83. The molecule has 80 valence electrons. The zero-order chi connectivity index (χ0) is 11.0. The molecule has 0 atom stereocenters. The minimum atomic E-state index is -0.976. The molecule has 0 aliphatic heterocycles. The minimum absolute atomic E-state index is 0.0390. The maximum atomic E-state index is 11.0. The fraction of sp³-hybridized carbons (Fsp3) is 0.667. The van der Waals surface area contributed by atoms with Gasteiger partial charge in [0.1, 0.15) is 5.78 Å². The SMILES string of the molecule is CCC(=O)NCCC(=O)CCC(=O)O. The summed E-state index contributed by atoms with van der Waals surface area (Å²) in [5.41, 5.74) is 0.